The van der Waals surface area contributed by atoms with Gasteiger partial charge >= 0.3 is 0 Å². The molecule has 0 rings (SSSR count). The molecule has 1 unspecified atom stereocenters. The van der Waals surface area contributed by atoms with Crippen LogP contribution < -0.4 is 0 Å². The number of rotatable bonds is 2. The summed E-state index contributed by atoms with van der Waals surface area (Å²) in [5.41, 5.74) is 0. The third kappa shape index (κ3) is 8.99. The summed E-state index contributed by atoms with van der Waals surface area (Å²) in [5.74, 6) is 0. The van der Waals surface area contributed by atoms with Crippen molar-refractivity contribution in [2.24, 2.45) is 0 Å². The summed E-state index contributed by atoms with van der Waals surface area (Å²) in [6, 6.07) is 0. The summed E-state index contributed by atoms with van der Waals surface area (Å²) in [7, 11) is 0.977. The summed E-state index contributed by atoms with van der Waals surface area (Å²) in [4.78, 5) is 0. The second-order valence-electron chi connectivity index (χ2n) is 0.793. The van der Waals surface area contributed by atoms with Gasteiger partial charge in [0, 0.05) is 32.7 Å². The predicted octanol–water partition coefficient (Wildman–Crippen LogP) is 1.28. The third-order valence-electron chi connectivity index (χ3n) is 0.322. The van der Waals surface area contributed by atoms with Gasteiger partial charge in [-0.3, -0.25) is 6.08 Å². The molecule has 1 atom stereocenters. The molecule has 0 bridgehead atoms. The van der Waals surface area contributed by atoms with E-state index in [1.807, 2.05) is 0 Å². The SMILES string of the molecule is [CH-]=CCPC.[Y]. The van der Waals surface area contributed by atoms with Crippen LogP contribution in [-0.2, 0) is 32.7 Å². The third-order valence-corrected chi connectivity index (χ3v) is 0.966. The second kappa shape index (κ2) is 9.55. The van der Waals surface area contributed by atoms with Gasteiger partial charge in [-0.15, -0.1) is 8.58 Å². The fraction of sp³-hybridized carbons (Fsp3) is 0.500. The molecule has 0 N–H and O–H groups in total. The van der Waals surface area contributed by atoms with Crippen molar-refractivity contribution in [3.63, 3.8) is 0 Å². The largest absolute Gasteiger partial charge is 0.518 e. The standard InChI is InChI=1S/C4H8P.Y/c1-3-4-5-2;/h1,3,5H,4H2,2H3;/q-1;. The first kappa shape index (κ1) is 10.3. The van der Waals surface area contributed by atoms with Crippen LogP contribution in [0.1, 0.15) is 0 Å². The molecule has 0 aliphatic rings. The zero-order chi connectivity index (χ0) is 4.12. The molecule has 0 aromatic rings. The van der Waals surface area contributed by atoms with Gasteiger partial charge in [-0.2, -0.15) is 0 Å². The smallest absolute Gasteiger partial charge is 0 e. The molecule has 0 aliphatic heterocycles. The Labute approximate surface area is 66.4 Å². The molecule has 6 heavy (non-hydrogen) atoms. The summed E-state index contributed by atoms with van der Waals surface area (Å²) < 4.78 is 0. The van der Waals surface area contributed by atoms with Crippen LogP contribution in [0.25, 0.3) is 0 Å². The van der Waals surface area contributed by atoms with Gasteiger partial charge in [-0.1, -0.05) is 0 Å². The quantitative estimate of drug-likeness (QED) is 0.439. The number of allylic oxidation sites excluding steroid dienone is 1. The Morgan fingerprint density at radius 3 is 2.33 bits per heavy atom. The van der Waals surface area contributed by atoms with Crippen molar-refractivity contribution in [3.05, 3.63) is 12.7 Å². The molecule has 0 fully saturated rings. The predicted molar refractivity (Wildman–Crippen MR) is 28.0 cm³/mol. The molecule has 0 spiro atoms. The Balaban J connectivity index is 0. The van der Waals surface area contributed by atoms with Crippen LogP contribution in [0.5, 0.6) is 0 Å². The minimum absolute atomic E-state index is 0. The maximum Gasteiger partial charge on any atom is 0 e. The van der Waals surface area contributed by atoms with Crippen molar-refractivity contribution in [2.75, 3.05) is 12.8 Å². The molecule has 0 amide bonds. The van der Waals surface area contributed by atoms with E-state index in [9.17, 15) is 0 Å². The van der Waals surface area contributed by atoms with Crippen LogP contribution in [-0.4, -0.2) is 12.8 Å². The Hall–Kier alpha value is 1.27. The van der Waals surface area contributed by atoms with Gasteiger partial charge in [0.1, 0.15) is 0 Å². The average molecular weight is 176 g/mol. The van der Waals surface area contributed by atoms with Gasteiger partial charge in [-0.25, -0.2) is 0 Å². The van der Waals surface area contributed by atoms with E-state index < -0.39 is 0 Å². The van der Waals surface area contributed by atoms with Gasteiger partial charge in [0.05, 0.1) is 0 Å². The molecule has 0 heterocycles. The first-order chi connectivity index (χ1) is 2.41. The zero-order valence-electron chi connectivity index (χ0n) is 3.94. The van der Waals surface area contributed by atoms with E-state index in [0.29, 0.717) is 0 Å². The number of hydrogen-bond acceptors (Lipinski definition) is 0. The average Bonchev–Trinajstić information content (AvgIpc) is 1.41. The zero-order valence-corrected chi connectivity index (χ0v) is 7.78. The maximum absolute atomic E-state index is 5.02. The van der Waals surface area contributed by atoms with E-state index in [1.165, 1.54) is 0 Å². The molecule has 0 saturated heterocycles. The van der Waals surface area contributed by atoms with Crippen LogP contribution in [0.3, 0.4) is 0 Å². The fourth-order valence-corrected chi connectivity index (χ4v) is 0.354. The summed E-state index contributed by atoms with van der Waals surface area (Å²) >= 11 is 0. The van der Waals surface area contributed by atoms with Crippen molar-refractivity contribution >= 4 is 8.58 Å². The minimum Gasteiger partial charge on any atom is -0.518 e. The van der Waals surface area contributed by atoms with Crippen LogP contribution in [0.15, 0.2) is 6.08 Å². The molecule has 0 nitrogen and oxygen atoms in total. The van der Waals surface area contributed by atoms with Crippen molar-refractivity contribution in [2.45, 2.75) is 0 Å². The molecule has 0 aliphatic carbocycles. The molecule has 0 aromatic carbocycles. The van der Waals surface area contributed by atoms with Crippen LogP contribution in [0, 0.1) is 6.58 Å². The van der Waals surface area contributed by atoms with E-state index in [1.54, 1.807) is 6.08 Å². The Morgan fingerprint density at radius 1 is 1.83 bits per heavy atom. The second-order valence-corrected chi connectivity index (χ2v) is 1.91. The van der Waals surface area contributed by atoms with Crippen LogP contribution in [0.4, 0.5) is 0 Å². The van der Waals surface area contributed by atoms with Gasteiger partial charge < -0.3 is 6.58 Å². The summed E-state index contributed by atoms with van der Waals surface area (Å²) in [6.45, 7) is 7.15. The van der Waals surface area contributed by atoms with E-state index in [0.717, 1.165) is 14.7 Å². The van der Waals surface area contributed by atoms with E-state index in [2.05, 4.69) is 6.66 Å². The Kier molecular flexibility index (Phi) is 16.4. The monoisotopic (exact) mass is 176 g/mol. The molecule has 33 valence electrons. The molecule has 2 heteroatoms. The Morgan fingerprint density at radius 2 is 2.33 bits per heavy atom. The van der Waals surface area contributed by atoms with Crippen LogP contribution in [0.2, 0.25) is 0 Å². The summed E-state index contributed by atoms with van der Waals surface area (Å²) in [5, 5.41) is 0. The van der Waals surface area contributed by atoms with Crippen LogP contribution >= 0.6 is 8.58 Å². The van der Waals surface area contributed by atoms with Gasteiger partial charge in [0.2, 0.25) is 0 Å². The molecule has 1 radical (unpaired) electrons. The van der Waals surface area contributed by atoms with Crippen molar-refractivity contribution in [1.82, 2.24) is 0 Å². The van der Waals surface area contributed by atoms with Gasteiger partial charge in [0.25, 0.3) is 0 Å². The molecule has 0 aromatic heterocycles. The first-order valence-corrected chi connectivity index (χ1v) is 3.30. The summed E-state index contributed by atoms with van der Waals surface area (Å²) in [6.07, 6.45) is 2.76. The normalized spacial score (nSPS) is 8.17. The molecule has 0 saturated carbocycles. The molecular weight excluding hydrogens is 168 g/mol. The fourth-order valence-electron chi connectivity index (χ4n) is 0.118. The maximum atomic E-state index is 5.02. The number of hydrogen-bond donors (Lipinski definition) is 0. The van der Waals surface area contributed by atoms with E-state index >= 15 is 0 Å². The van der Waals surface area contributed by atoms with Crippen molar-refractivity contribution in [3.8, 4) is 0 Å². The van der Waals surface area contributed by atoms with Crippen molar-refractivity contribution in [1.29, 1.82) is 0 Å². The first-order valence-electron chi connectivity index (χ1n) is 1.60. The minimum atomic E-state index is 0. The Bertz CT molecular complexity index is 28.7. The molecular formula is C4H8PY-. The topological polar surface area (TPSA) is 0 Å². The van der Waals surface area contributed by atoms with E-state index in [4.69, 9.17) is 6.58 Å². The van der Waals surface area contributed by atoms with Gasteiger partial charge in [0.15, 0.2) is 0 Å². The van der Waals surface area contributed by atoms with Gasteiger partial charge in [-0.05, 0) is 12.8 Å². The van der Waals surface area contributed by atoms with Crippen molar-refractivity contribution < 1.29 is 32.7 Å². The van der Waals surface area contributed by atoms with E-state index in [-0.39, 0.29) is 32.7 Å².